The molecule has 0 fully saturated rings. The van der Waals surface area contributed by atoms with Crippen LogP contribution in [0.5, 0.6) is 5.75 Å². The van der Waals surface area contributed by atoms with Crippen LogP contribution >= 0.6 is 0 Å². The number of fused-ring (bicyclic) bond motifs is 1. The number of benzene rings is 2. The highest BCUT2D eigenvalue weighted by Crippen LogP contribution is 2.32. The average molecular weight is 282 g/mol. The van der Waals surface area contributed by atoms with E-state index in [2.05, 4.69) is 5.32 Å². The van der Waals surface area contributed by atoms with E-state index in [1.54, 1.807) is 12.0 Å². The number of aryl methyl sites for hydroxylation is 1. The molecule has 1 aliphatic rings. The number of ether oxygens (including phenoxy) is 1. The Hall–Kier alpha value is -2.49. The van der Waals surface area contributed by atoms with Gasteiger partial charge >= 0.3 is 6.03 Å². The summed E-state index contributed by atoms with van der Waals surface area (Å²) in [5, 5.41) is 2.94. The van der Waals surface area contributed by atoms with Gasteiger partial charge in [-0.05, 0) is 37.1 Å². The van der Waals surface area contributed by atoms with Gasteiger partial charge in [0, 0.05) is 18.3 Å². The number of carbonyl (C=O) groups is 1. The van der Waals surface area contributed by atoms with E-state index in [1.165, 1.54) is 11.1 Å². The van der Waals surface area contributed by atoms with Crippen molar-refractivity contribution in [3.05, 3.63) is 53.6 Å². The summed E-state index contributed by atoms with van der Waals surface area (Å²) in [5.41, 5.74) is 4.08. The first-order valence-electron chi connectivity index (χ1n) is 6.99. The van der Waals surface area contributed by atoms with Crippen LogP contribution in [0.1, 0.15) is 11.1 Å². The number of urea groups is 1. The molecule has 0 aromatic heterocycles. The Morgan fingerprint density at radius 2 is 1.95 bits per heavy atom. The molecule has 1 heterocycles. The lowest BCUT2D eigenvalue weighted by Gasteiger charge is -2.18. The van der Waals surface area contributed by atoms with E-state index in [4.69, 9.17) is 4.74 Å². The molecule has 0 saturated carbocycles. The van der Waals surface area contributed by atoms with E-state index in [-0.39, 0.29) is 6.03 Å². The topological polar surface area (TPSA) is 41.6 Å². The van der Waals surface area contributed by atoms with Crippen molar-refractivity contribution in [3.63, 3.8) is 0 Å². The predicted octanol–water partition coefficient (Wildman–Crippen LogP) is 3.60. The van der Waals surface area contributed by atoms with Crippen molar-refractivity contribution in [3.8, 4) is 5.75 Å². The second-order valence-corrected chi connectivity index (χ2v) is 5.19. The summed E-state index contributed by atoms with van der Waals surface area (Å²) >= 11 is 0. The van der Waals surface area contributed by atoms with E-state index in [0.29, 0.717) is 6.54 Å². The molecule has 0 bridgehead atoms. The monoisotopic (exact) mass is 282 g/mol. The average Bonchev–Trinajstić information content (AvgIpc) is 2.92. The number of hydrogen-bond donors (Lipinski definition) is 1. The molecule has 4 heteroatoms. The summed E-state index contributed by atoms with van der Waals surface area (Å²) in [6.45, 7) is 2.72. The standard InChI is InChI=1S/C17H18N2O2/c1-12-3-6-14(7-4-12)18-17(20)19-10-9-13-5-8-15(21-2)11-16(13)19/h3-8,11H,9-10H2,1-2H3,(H,18,20). The third-order valence-corrected chi connectivity index (χ3v) is 3.74. The third kappa shape index (κ3) is 2.70. The molecule has 21 heavy (non-hydrogen) atoms. The van der Waals surface area contributed by atoms with Crippen LogP contribution in [0.3, 0.4) is 0 Å². The zero-order valence-corrected chi connectivity index (χ0v) is 12.2. The summed E-state index contributed by atoms with van der Waals surface area (Å²) in [7, 11) is 1.63. The third-order valence-electron chi connectivity index (χ3n) is 3.74. The van der Waals surface area contributed by atoms with Crippen LogP contribution < -0.4 is 15.0 Å². The Bertz CT molecular complexity index is 665. The molecule has 108 valence electrons. The van der Waals surface area contributed by atoms with Crippen LogP contribution in [0.4, 0.5) is 16.2 Å². The lowest BCUT2D eigenvalue weighted by molar-refractivity contribution is 0.257. The Balaban J connectivity index is 1.79. The van der Waals surface area contributed by atoms with Gasteiger partial charge in [-0.1, -0.05) is 23.8 Å². The van der Waals surface area contributed by atoms with E-state index in [9.17, 15) is 4.79 Å². The minimum atomic E-state index is -0.106. The molecular weight excluding hydrogens is 264 g/mol. The van der Waals surface area contributed by atoms with E-state index < -0.39 is 0 Å². The number of carbonyl (C=O) groups excluding carboxylic acids is 1. The molecule has 0 radical (unpaired) electrons. The zero-order chi connectivity index (χ0) is 14.8. The van der Waals surface area contributed by atoms with Crippen LogP contribution in [0.2, 0.25) is 0 Å². The van der Waals surface area contributed by atoms with Crippen molar-refractivity contribution in [2.45, 2.75) is 13.3 Å². The first-order chi connectivity index (χ1) is 10.2. The SMILES string of the molecule is COc1ccc2c(c1)N(C(=O)Nc1ccc(C)cc1)CC2. The highest BCUT2D eigenvalue weighted by Gasteiger charge is 2.25. The summed E-state index contributed by atoms with van der Waals surface area (Å²) in [5.74, 6) is 0.767. The van der Waals surface area contributed by atoms with Crippen molar-refractivity contribution in [1.82, 2.24) is 0 Å². The molecule has 2 aromatic carbocycles. The van der Waals surface area contributed by atoms with Gasteiger partial charge in [0.1, 0.15) is 5.75 Å². The fourth-order valence-corrected chi connectivity index (χ4v) is 2.52. The second kappa shape index (κ2) is 5.48. The number of anilines is 2. The second-order valence-electron chi connectivity index (χ2n) is 5.19. The fraction of sp³-hybridized carbons (Fsp3) is 0.235. The quantitative estimate of drug-likeness (QED) is 0.914. The van der Waals surface area contributed by atoms with E-state index in [1.807, 2.05) is 49.4 Å². The molecule has 4 nitrogen and oxygen atoms in total. The first kappa shape index (κ1) is 13.5. The Kier molecular flexibility index (Phi) is 3.52. The van der Waals surface area contributed by atoms with Gasteiger partial charge in [0.05, 0.1) is 12.8 Å². The maximum Gasteiger partial charge on any atom is 0.326 e. The number of nitrogens with zero attached hydrogens (tertiary/aromatic N) is 1. The Morgan fingerprint density at radius 3 is 2.67 bits per heavy atom. The number of methoxy groups -OCH3 is 1. The Labute approximate surface area is 124 Å². The smallest absolute Gasteiger partial charge is 0.326 e. The van der Waals surface area contributed by atoms with Crippen molar-refractivity contribution in [2.75, 3.05) is 23.9 Å². The number of nitrogens with one attached hydrogen (secondary N) is 1. The van der Waals surface area contributed by atoms with Gasteiger partial charge in [0.2, 0.25) is 0 Å². The van der Waals surface area contributed by atoms with Gasteiger partial charge in [-0.25, -0.2) is 4.79 Å². The summed E-state index contributed by atoms with van der Waals surface area (Å²) in [4.78, 5) is 14.2. The van der Waals surface area contributed by atoms with Gasteiger partial charge in [0.25, 0.3) is 0 Å². The molecule has 0 saturated heterocycles. The lowest BCUT2D eigenvalue weighted by atomic mass is 10.1. The lowest BCUT2D eigenvalue weighted by Crippen LogP contribution is -2.33. The van der Waals surface area contributed by atoms with Gasteiger partial charge in [-0.15, -0.1) is 0 Å². The molecule has 0 unspecified atom stereocenters. The van der Waals surface area contributed by atoms with Crippen LogP contribution in [-0.2, 0) is 6.42 Å². The maximum absolute atomic E-state index is 12.4. The molecule has 1 N–H and O–H groups in total. The predicted molar refractivity (Wildman–Crippen MR) is 84.2 cm³/mol. The molecular formula is C17H18N2O2. The minimum Gasteiger partial charge on any atom is -0.497 e. The normalized spacial score (nSPS) is 13.0. The first-order valence-corrected chi connectivity index (χ1v) is 6.99. The molecule has 3 rings (SSSR count). The minimum absolute atomic E-state index is 0.106. The Morgan fingerprint density at radius 1 is 1.19 bits per heavy atom. The molecule has 2 amide bonds. The highest BCUT2D eigenvalue weighted by atomic mass is 16.5. The molecule has 0 spiro atoms. The van der Waals surface area contributed by atoms with Gasteiger partial charge in [-0.2, -0.15) is 0 Å². The van der Waals surface area contributed by atoms with E-state index >= 15 is 0 Å². The van der Waals surface area contributed by atoms with Crippen LogP contribution in [-0.4, -0.2) is 19.7 Å². The molecule has 0 aliphatic carbocycles. The molecule has 0 atom stereocenters. The zero-order valence-electron chi connectivity index (χ0n) is 12.2. The fourth-order valence-electron chi connectivity index (χ4n) is 2.52. The maximum atomic E-state index is 12.4. The van der Waals surface area contributed by atoms with Crippen LogP contribution in [0.15, 0.2) is 42.5 Å². The largest absolute Gasteiger partial charge is 0.497 e. The number of hydrogen-bond acceptors (Lipinski definition) is 2. The highest BCUT2D eigenvalue weighted by molar-refractivity contribution is 6.03. The van der Waals surface area contributed by atoms with Gasteiger partial charge in [-0.3, -0.25) is 4.90 Å². The van der Waals surface area contributed by atoms with Gasteiger partial charge < -0.3 is 10.1 Å². The van der Waals surface area contributed by atoms with Gasteiger partial charge in [0.15, 0.2) is 0 Å². The summed E-state index contributed by atoms with van der Waals surface area (Å²) < 4.78 is 5.24. The number of amides is 2. The molecule has 1 aliphatic heterocycles. The summed E-state index contributed by atoms with van der Waals surface area (Å²) in [6.07, 6.45) is 0.876. The van der Waals surface area contributed by atoms with Crippen molar-refractivity contribution >= 4 is 17.4 Å². The van der Waals surface area contributed by atoms with Crippen molar-refractivity contribution in [2.24, 2.45) is 0 Å². The van der Waals surface area contributed by atoms with Crippen molar-refractivity contribution in [1.29, 1.82) is 0 Å². The van der Waals surface area contributed by atoms with Crippen LogP contribution in [0, 0.1) is 6.92 Å². The molecule has 2 aromatic rings. The summed E-state index contributed by atoms with van der Waals surface area (Å²) in [6, 6.07) is 13.6. The number of rotatable bonds is 2. The van der Waals surface area contributed by atoms with Crippen LogP contribution in [0.25, 0.3) is 0 Å². The van der Waals surface area contributed by atoms with Crippen molar-refractivity contribution < 1.29 is 9.53 Å². The van der Waals surface area contributed by atoms with E-state index in [0.717, 1.165) is 23.5 Å².